The number of fused-ring (bicyclic) bond motifs is 1. The third kappa shape index (κ3) is 4.12. The first kappa shape index (κ1) is 17.3. The van der Waals surface area contributed by atoms with E-state index in [1.54, 1.807) is 7.11 Å². The van der Waals surface area contributed by atoms with E-state index in [2.05, 4.69) is 40.8 Å². The van der Waals surface area contributed by atoms with Crippen LogP contribution in [0.5, 0.6) is 5.75 Å². The largest absolute Gasteiger partial charge is 0.491 e. The average Bonchev–Trinajstić information content (AvgIpc) is 3.05. The van der Waals surface area contributed by atoms with E-state index in [9.17, 15) is 0 Å². The third-order valence-electron chi connectivity index (χ3n) is 4.09. The number of aromatic nitrogens is 2. The fourth-order valence-electron chi connectivity index (χ4n) is 2.77. The topological polar surface area (TPSA) is 48.3 Å². The number of methoxy groups -OCH3 is 1. The second-order valence-corrected chi connectivity index (χ2v) is 6.26. The Hall–Kier alpha value is -2.53. The van der Waals surface area contributed by atoms with Gasteiger partial charge in [-0.3, -0.25) is 0 Å². The van der Waals surface area contributed by atoms with Crippen molar-refractivity contribution in [3.8, 4) is 5.75 Å². The summed E-state index contributed by atoms with van der Waals surface area (Å²) in [5.74, 6) is 0.822. The first-order chi connectivity index (χ1) is 12.2. The van der Waals surface area contributed by atoms with Gasteiger partial charge in [0.2, 0.25) is 0 Å². The van der Waals surface area contributed by atoms with E-state index in [0.717, 1.165) is 29.0 Å². The zero-order chi connectivity index (χ0) is 17.6. The molecule has 0 spiro atoms. The van der Waals surface area contributed by atoms with Crippen LogP contribution < -0.4 is 10.1 Å². The number of anilines is 1. The van der Waals surface area contributed by atoms with E-state index < -0.39 is 0 Å². The molecular weight excluding hydrogens is 314 g/mol. The summed E-state index contributed by atoms with van der Waals surface area (Å²) in [6.45, 7) is 6.13. The van der Waals surface area contributed by atoms with Crippen LogP contribution >= 0.6 is 0 Å². The normalized spacial score (nSPS) is 11.2. The molecule has 25 heavy (non-hydrogen) atoms. The monoisotopic (exact) mass is 339 g/mol. The minimum atomic E-state index is 0.334. The van der Waals surface area contributed by atoms with Crippen molar-refractivity contribution in [1.29, 1.82) is 0 Å². The smallest absolute Gasteiger partial charge is 0.123 e. The van der Waals surface area contributed by atoms with Crippen LogP contribution in [0.2, 0.25) is 0 Å². The van der Waals surface area contributed by atoms with Crippen molar-refractivity contribution in [3.05, 3.63) is 54.4 Å². The number of imidazole rings is 1. The van der Waals surface area contributed by atoms with Crippen LogP contribution in [0.4, 0.5) is 5.69 Å². The van der Waals surface area contributed by atoms with Crippen LogP contribution in [0.3, 0.4) is 0 Å². The van der Waals surface area contributed by atoms with Gasteiger partial charge in [-0.15, -0.1) is 0 Å². The van der Waals surface area contributed by atoms with Crippen molar-refractivity contribution < 1.29 is 9.47 Å². The number of rotatable bonds is 8. The van der Waals surface area contributed by atoms with Crippen LogP contribution in [0.1, 0.15) is 25.5 Å². The van der Waals surface area contributed by atoms with Gasteiger partial charge in [-0.25, -0.2) is 4.98 Å². The summed E-state index contributed by atoms with van der Waals surface area (Å²) in [7, 11) is 1.67. The Morgan fingerprint density at radius 3 is 2.64 bits per heavy atom. The van der Waals surface area contributed by atoms with Crippen LogP contribution in [0.25, 0.3) is 11.0 Å². The number of benzene rings is 2. The molecule has 1 aromatic heterocycles. The number of hydrogen-bond acceptors (Lipinski definition) is 4. The maximum atomic E-state index is 5.85. The molecule has 5 heteroatoms. The van der Waals surface area contributed by atoms with Crippen molar-refractivity contribution >= 4 is 16.7 Å². The minimum absolute atomic E-state index is 0.334. The van der Waals surface area contributed by atoms with Gasteiger partial charge in [0.1, 0.15) is 17.9 Å². The molecule has 0 amide bonds. The summed E-state index contributed by atoms with van der Waals surface area (Å²) in [4.78, 5) is 4.61. The van der Waals surface area contributed by atoms with Crippen molar-refractivity contribution in [3.63, 3.8) is 0 Å². The molecule has 3 rings (SSSR count). The fourth-order valence-corrected chi connectivity index (χ4v) is 2.77. The third-order valence-corrected chi connectivity index (χ3v) is 4.09. The maximum absolute atomic E-state index is 5.85. The summed E-state index contributed by atoms with van der Waals surface area (Å²) in [6, 6.07) is 14.7. The van der Waals surface area contributed by atoms with Gasteiger partial charge in [-0.2, -0.15) is 0 Å². The molecule has 132 valence electrons. The van der Waals surface area contributed by atoms with E-state index in [4.69, 9.17) is 9.47 Å². The highest BCUT2D eigenvalue weighted by molar-refractivity contribution is 5.90. The lowest BCUT2D eigenvalue weighted by molar-refractivity contribution is 0.146. The molecule has 1 N–H and O–H groups in total. The Morgan fingerprint density at radius 2 is 1.92 bits per heavy atom. The first-order valence-electron chi connectivity index (χ1n) is 8.59. The maximum Gasteiger partial charge on any atom is 0.123 e. The Balaban J connectivity index is 1.91. The minimum Gasteiger partial charge on any atom is -0.491 e. The fraction of sp³-hybridized carbons (Fsp3) is 0.350. The highest BCUT2D eigenvalue weighted by Gasteiger charge is 2.12. The van der Waals surface area contributed by atoms with E-state index in [-0.39, 0.29) is 0 Å². The number of hydrogen-bond donors (Lipinski definition) is 1. The lowest BCUT2D eigenvalue weighted by Gasteiger charge is -2.13. The Kier molecular flexibility index (Phi) is 5.56. The van der Waals surface area contributed by atoms with E-state index in [0.29, 0.717) is 19.3 Å². The predicted molar refractivity (Wildman–Crippen MR) is 101 cm³/mol. The van der Waals surface area contributed by atoms with Gasteiger partial charge in [0.15, 0.2) is 0 Å². The molecule has 0 saturated carbocycles. The van der Waals surface area contributed by atoms with Crippen LogP contribution in [0, 0.1) is 0 Å². The zero-order valence-electron chi connectivity index (χ0n) is 15.0. The molecule has 0 aliphatic carbocycles. The number of ether oxygens (including phenoxy) is 2. The molecule has 0 radical (unpaired) electrons. The van der Waals surface area contributed by atoms with Gasteiger partial charge < -0.3 is 19.4 Å². The molecule has 0 bridgehead atoms. The summed E-state index contributed by atoms with van der Waals surface area (Å²) in [6.07, 6.45) is 1.89. The second-order valence-electron chi connectivity index (χ2n) is 6.26. The Morgan fingerprint density at radius 1 is 1.12 bits per heavy atom. The SMILES string of the molecule is COCCOc1cc(NCc2ccccc2)c2ncn(C(C)C)c2c1. The predicted octanol–water partition coefficient (Wildman–Crippen LogP) is 4.25. The molecule has 0 saturated heterocycles. The molecular formula is C20H25N3O2. The summed E-state index contributed by atoms with van der Waals surface area (Å²) in [5.41, 5.74) is 4.24. The van der Waals surface area contributed by atoms with E-state index >= 15 is 0 Å². The van der Waals surface area contributed by atoms with Gasteiger partial charge in [0, 0.05) is 31.8 Å². The molecule has 2 aromatic carbocycles. The van der Waals surface area contributed by atoms with E-state index in [1.807, 2.05) is 36.7 Å². The summed E-state index contributed by atoms with van der Waals surface area (Å²) >= 11 is 0. The Bertz CT molecular complexity index is 812. The molecule has 0 atom stereocenters. The highest BCUT2D eigenvalue weighted by Crippen LogP contribution is 2.30. The van der Waals surface area contributed by atoms with E-state index in [1.165, 1.54) is 5.56 Å². The molecule has 5 nitrogen and oxygen atoms in total. The van der Waals surface area contributed by atoms with Gasteiger partial charge in [-0.1, -0.05) is 30.3 Å². The quantitative estimate of drug-likeness (QED) is 0.623. The van der Waals surface area contributed by atoms with Crippen LogP contribution in [-0.4, -0.2) is 29.9 Å². The van der Waals surface area contributed by atoms with Crippen LogP contribution in [0.15, 0.2) is 48.8 Å². The highest BCUT2D eigenvalue weighted by atomic mass is 16.5. The van der Waals surface area contributed by atoms with Crippen LogP contribution in [-0.2, 0) is 11.3 Å². The first-order valence-corrected chi connectivity index (χ1v) is 8.59. The number of nitrogens with one attached hydrogen (secondary N) is 1. The summed E-state index contributed by atoms with van der Waals surface area (Å²) in [5, 5.41) is 3.50. The van der Waals surface area contributed by atoms with Crippen molar-refractivity contribution in [2.45, 2.75) is 26.4 Å². The zero-order valence-corrected chi connectivity index (χ0v) is 15.0. The molecule has 3 aromatic rings. The van der Waals surface area contributed by atoms with Gasteiger partial charge >= 0.3 is 0 Å². The standard InChI is InChI=1S/C20H25N3O2/c1-15(2)23-14-22-20-18(21-13-16-7-5-4-6-8-16)11-17(12-19(20)23)25-10-9-24-3/h4-8,11-12,14-15,21H,9-10,13H2,1-3H3. The average molecular weight is 339 g/mol. The summed E-state index contributed by atoms with van der Waals surface area (Å²) < 4.78 is 13.1. The lowest BCUT2D eigenvalue weighted by atomic mass is 10.2. The molecule has 0 unspecified atom stereocenters. The molecule has 0 fully saturated rings. The lowest BCUT2D eigenvalue weighted by Crippen LogP contribution is -2.06. The van der Waals surface area contributed by atoms with Crippen molar-refractivity contribution in [2.75, 3.05) is 25.6 Å². The van der Waals surface area contributed by atoms with Gasteiger partial charge in [0.05, 0.1) is 24.1 Å². The van der Waals surface area contributed by atoms with Gasteiger partial charge in [-0.05, 0) is 19.4 Å². The Labute approximate surface area is 148 Å². The second kappa shape index (κ2) is 8.03. The molecule has 1 heterocycles. The molecule has 0 aliphatic rings. The number of nitrogens with zero attached hydrogens (tertiary/aromatic N) is 2. The molecule has 0 aliphatic heterocycles. The van der Waals surface area contributed by atoms with Crippen molar-refractivity contribution in [2.24, 2.45) is 0 Å². The van der Waals surface area contributed by atoms with Crippen molar-refractivity contribution in [1.82, 2.24) is 9.55 Å². The van der Waals surface area contributed by atoms with Gasteiger partial charge in [0.25, 0.3) is 0 Å².